The van der Waals surface area contributed by atoms with Gasteiger partial charge in [0.25, 0.3) is 0 Å². The standard InChI is InChI=1S/C25H31Cl2NO3S.ClH/c1-4-6-12-28(13-7-5-2)16-23(29)21-15-17-14-18(32(3,30)31)8-9-19(17)24-20(21)10-11-22(26)25(24)27;/h8-11,14-15,23,29H,4-7,12-13,16H2,1-3H3;1H. The molecule has 0 spiro atoms. The van der Waals surface area contributed by atoms with E-state index < -0.39 is 15.9 Å². The number of unbranched alkanes of at least 4 members (excludes halogenated alkanes) is 2. The molecule has 0 radical (unpaired) electrons. The molecule has 0 aromatic heterocycles. The lowest BCUT2D eigenvalue weighted by Crippen LogP contribution is -2.30. The van der Waals surface area contributed by atoms with E-state index in [0.29, 0.717) is 22.0 Å². The third-order valence-corrected chi connectivity index (χ3v) is 7.80. The summed E-state index contributed by atoms with van der Waals surface area (Å²) in [4.78, 5) is 2.54. The maximum atomic E-state index is 12.1. The van der Waals surface area contributed by atoms with Crippen molar-refractivity contribution in [3.8, 4) is 0 Å². The van der Waals surface area contributed by atoms with E-state index in [9.17, 15) is 13.5 Å². The predicted molar refractivity (Wildman–Crippen MR) is 143 cm³/mol. The van der Waals surface area contributed by atoms with Gasteiger partial charge in [-0.3, -0.25) is 0 Å². The van der Waals surface area contributed by atoms with Crippen LogP contribution >= 0.6 is 35.6 Å². The number of aliphatic hydroxyl groups is 1. The Labute approximate surface area is 213 Å². The first kappa shape index (κ1) is 28.2. The maximum absolute atomic E-state index is 12.1. The Hall–Kier alpha value is -1.08. The Morgan fingerprint density at radius 1 is 0.970 bits per heavy atom. The highest BCUT2D eigenvalue weighted by molar-refractivity contribution is 7.90. The van der Waals surface area contributed by atoms with E-state index in [1.165, 1.54) is 6.26 Å². The van der Waals surface area contributed by atoms with Gasteiger partial charge < -0.3 is 10.0 Å². The smallest absolute Gasteiger partial charge is 0.175 e. The molecule has 0 saturated heterocycles. The van der Waals surface area contributed by atoms with E-state index in [0.717, 1.165) is 60.5 Å². The number of rotatable bonds is 10. The lowest BCUT2D eigenvalue weighted by atomic mass is 9.94. The molecule has 1 N–H and O–H groups in total. The molecule has 3 aromatic carbocycles. The van der Waals surface area contributed by atoms with E-state index in [4.69, 9.17) is 23.2 Å². The molecule has 0 amide bonds. The third kappa shape index (κ3) is 6.53. The van der Waals surface area contributed by atoms with Crippen LogP contribution in [-0.4, -0.2) is 44.3 Å². The van der Waals surface area contributed by atoms with E-state index >= 15 is 0 Å². The zero-order valence-corrected chi connectivity index (χ0v) is 22.4. The fourth-order valence-corrected chi connectivity index (χ4v) is 5.18. The Balaban J connectivity index is 0.00000385. The quantitative estimate of drug-likeness (QED) is 0.284. The molecule has 0 aliphatic carbocycles. The van der Waals surface area contributed by atoms with Crippen LogP contribution in [0.3, 0.4) is 0 Å². The molecule has 0 heterocycles. The minimum Gasteiger partial charge on any atom is -0.387 e. The number of aliphatic hydroxyl groups excluding tert-OH is 1. The molecular weight excluding hydrogens is 501 g/mol. The summed E-state index contributed by atoms with van der Waals surface area (Å²) >= 11 is 12.9. The molecule has 0 saturated carbocycles. The van der Waals surface area contributed by atoms with Crippen LogP contribution in [0.25, 0.3) is 21.5 Å². The van der Waals surface area contributed by atoms with Gasteiger partial charge in [0.1, 0.15) is 0 Å². The number of hydrogen-bond acceptors (Lipinski definition) is 4. The summed E-state index contributed by atoms with van der Waals surface area (Å²) in [7, 11) is -3.37. The minimum atomic E-state index is -3.37. The zero-order chi connectivity index (χ0) is 23.5. The molecular formula is C25H32Cl3NO3S. The van der Waals surface area contributed by atoms with E-state index in [1.54, 1.807) is 24.3 Å². The number of nitrogens with zero attached hydrogens (tertiary/aromatic N) is 1. The van der Waals surface area contributed by atoms with Crippen LogP contribution < -0.4 is 0 Å². The second kappa shape index (κ2) is 12.1. The average molecular weight is 533 g/mol. The number of sulfone groups is 1. The van der Waals surface area contributed by atoms with Crippen LogP contribution in [0.2, 0.25) is 10.0 Å². The molecule has 4 nitrogen and oxygen atoms in total. The van der Waals surface area contributed by atoms with Crippen LogP contribution in [0.15, 0.2) is 41.3 Å². The van der Waals surface area contributed by atoms with Gasteiger partial charge in [-0.25, -0.2) is 8.42 Å². The zero-order valence-electron chi connectivity index (χ0n) is 19.3. The summed E-state index contributed by atoms with van der Waals surface area (Å²) < 4.78 is 24.2. The Bertz CT molecular complexity index is 1210. The highest BCUT2D eigenvalue weighted by atomic mass is 35.5. The van der Waals surface area contributed by atoms with Gasteiger partial charge in [-0.2, -0.15) is 0 Å². The van der Waals surface area contributed by atoms with Crippen molar-refractivity contribution in [3.05, 3.63) is 52.0 Å². The first-order valence-corrected chi connectivity index (χ1v) is 13.8. The van der Waals surface area contributed by atoms with Gasteiger partial charge in [0, 0.05) is 18.2 Å². The Morgan fingerprint density at radius 3 is 2.15 bits per heavy atom. The van der Waals surface area contributed by atoms with E-state index in [1.807, 2.05) is 12.1 Å². The van der Waals surface area contributed by atoms with Crippen molar-refractivity contribution in [1.82, 2.24) is 4.90 Å². The van der Waals surface area contributed by atoms with E-state index in [2.05, 4.69) is 18.7 Å². The van der Waals surface area contributed by atoms with Gasteiger partial charge in [0.05, 0.1) is 21.0 Å². The Kier molecular flexibility index (Phi) is 10.3. The minimum absolute atomic E-state index is 0. The van der Waals surface area contributed by atoms with Crippen LogP contribution in [0.1, 0.15) is 51.2 Å². The van der Waals surface area contributed by atoms with Crippen LogP contribution in [-0.2, 0) is 9.84 Å². The molecule has 8 heteroatoms. The van der Waals surface area contributed by atoms with Crippen molar-refractivity contribution in [1.29, 1.82) is 0 Å². The van der Waals surface area contributed by atoms with Gasteiger partial charge in [0.2, 0.25) is 0 Å². The van der Waals surface area contributed by atoms with Crippen molar-refractivity contribution in [2.75, 3.05) is 25.9 Å². The molecule has 0 fully saturated rings. The average Bonchev–Trinajstić information content (AvgIpc) is 2.76. The molecule has 33 heavy (non-hydrogen) atoms. The summed E-state index contributed by atoms with van der Waals surface area (Å²) in [6, 6.07) is 10.5. The molecule has 182 valence electrons. The van der Waals surface area contributed by atoms with Crippen molar-refractivity contribution >= 4 is 67.0 Å². The normalized spacial score (nSPS) is 12.9. The fourth-order valence-electron chi connectivity index (χ4n) is 4.09. The monoisotopic (exact) mass is 531 g/mol. The van der Waals surface area contributed by atoms with Gasteiger partial charge >= 0.3 is 0 Å². The summed E-state index contributed by atoms with van der Waals surface area (Å²) in [5.74, 6) is 0. The summed E-state index contributed by atoms with van der Waals surface area (Å²) in [6.07, 6.45) is 4.80. The molecule has 0 aliphatic rings. The summed E-state index contributed by atoms with van der Waals surface area (Å²) in [6.45, 7) is 6.70. The maximum Gasteiger partial charge on any atom is 0.175 e. The molecule has 0 bridgehead atoms. The van der Waals surface area contributed by atoms with Gasteiger partial charge in [-0.1, -0.05) is 62.0 Å². The number of fused-ring (bicyclic) bond motifs is 3. The number of hydrogen-bond donors (Lipinski definition) is 1. The van der Waals surface area contributed by atoms with Gasteiger partial charge in [-0.15, -0.1) is 12.4 Å². The fraction of sp³-hybridized carbons (Fsp3) is 0.440. The van der Waals surface area contributed by atoms with Crippen molar-refractivity contribution < 1.29 is 13.5 Å². The van der Waals surface area contributed by atoms with Crippen molar-refractivity contribution in [2.24, 2.45) is 0 Å². The second-order valence-electron chi connectivity index (χ2n) is 8.43. The van der Waals surface area contributed by atoms with Crippen LogP contribution in [0.4, 0.5) is 0 Å². The van der Waals surface area contributed by atoms with Crippen molar-refractivity contribution in [2.45, 2.75) is 50.5 Å². The third-order valence-electron chi connectivity index (χ3n) is 5.88. The SMILES string of the molecule is CCCCN(CCCC)CC(O)c1cc2cc(S(C)(=O)=O)ccc2c2c(Cl)c(Cl)ccc12.Cl. The highest BCUT2D eigenvalue weighted by Crippen LogP contribution is 2.40. The largest absolute Gasteiger partial charge is 0.387 e. The lowest BCUT2D eigenvalue weighted by Gasteiger charge is -2.26. The van der Waals surface area contributed by atoms with Crippen LogP contribution in [0, 0.1) is 0 Å². The molecule has 0 aliphatic heterocycles. The lowest BCUT2D eigenvalue weighted by molar-refractivity contribution is 0.112. The van der Waals surface area contributed by atoms with Crippen LogP contribution in [0.5, 0.6) is 0 Å². The second-order valence-corrected chi connectivity index (χ2v) is 11.2. The van der Waals surface area contributed by atoms with E-state index in [-0.39, 0.29) is 17.3 Å². The highest BCUT2D eigenvalue weighted by Gasteiger charge is 2.20. The summed E-state index contributed by atoms with van der Waals surface area (Å²) in [5.41, 5.74) is 0.731. The van der Waals surface area contributed by atoms with Crippen molar-refractivity contribution in [3.63, 3.8) is 0 Å². The Morgan fingerprint density at radius 2 is 1.58 bits per heavy atom. The molecule has 1 atom stereocenters. The number of halogens is 3. The molecule has 3 aromatic rings. The molecule has 1 unspecified atom stereocenters. The van der Waals surface area contributed by atoms with Gasteiger partial charge in [-0.05, 0) is 71.9 Å². The summed E-state index contributed by atoms with van der Waals surface area (Å²) in [5, 5.41) is 15.2. The first-order chi connectivity index (χ1) is 15.2. The molecule has 3 rings (SSSR count). The first-order valence-electron chi connectivity index (χ1n) is 11.1. The van der Waals surface area contributed by atoms with Gasteiger partial charge in [0.15, 0.2) is 9.84 Å². The number of benzene rings is 3. The predicted octanol–water partition coefficient (Wildman–Crippen LogP) is 7.06. The topological polar surface area (TPSA) is 57.6 Å².